The standard InChI is InChI=1S/Al.Cu.Li.Ni.Zr.4H/q;;+1;;;;;;-1. The van der Waals surface area contributed by atoms with E-state index in [4.69, 9.17) is 0 Å². The fourth-order valence-corrected chi connectivity index (χ4v) is 0. The zero-order valence-corrected chi connectivity index (χ0v) is 6.51. The average molecular weight is 251 g/mol. The number of rotatable bonds is 0. The molecule has 0 aliphatic rings. The third-order valence-corrected chi connectivity index (χ3v) is 0. The zero-order valence-electron chi connectivity index (χ0n) is 3.12. The minimum Gasteiger partial charge on any atom is -1.00 e. The summed E-state index contributed by atoms with van der Waals surface area (Å²) in [5.74, 6) is 0. The van der Waals surface area contributed by atoms with Gasteiger partial charge in [0.15, 0.2) is 17.4 Å². The molecule has 33 valence electrons. The van der Waals surface area contributed by atoms with Crippen molar-refractivity contribution >= 4 is 17.4 Å². The molecule has 0 heterocycles. The van der Waals surface area contributed by atoms with E-state index in [0.717, 1.165) is 0 Å². The Kier molecular flexibility index (Phi) is 241. The second-order valence-corrected chi connectivity index (χ2v) is 0. The van der Waals surface area contributed by atoms with Gasteiger partial charge in [0.05, 0.1) is 0 Å². The van der Waals surface area contributed by atoms with Crippen molar-refractivity contribution in [1.29, 1.82) is 0 Å². The molecule has 0 aromatic heterocycles. The molecule has 0 rings (SSSR count). The molecule has 0 atom stereocenters. The second kappa shape index (κ2) is 27.9. The Labute approximate surface area is 95.9 Å². The maximum Gasteiger partial charge on any atom is 1.00 e. The van der Waals surface area contributed by atoms with Gasteiger partial charge in [0.2, 0.25) is 0 Å². The summed E-state index contributed by atoms with van der Waals surface area (Å²) in [6, 6.07) is 0. The SMILES string of the molecule is [AlH3].[Cu].[H-].[Li+].[Ni].[Zr]. The predicted molar refractivity (Wildman–Crippen MR) is 11.1 cm³/mol. The second-order valence-electron chi connectivity index (χ2n) is 0. The van der Waals surface area contributed by atoms with Crippen LogP contribution >= 0.6 is 0 Å². The molecule has 0 aliphatic carbocycles. The smallest absolute Gasteiger partial charge is 1.00 e. The molecule has 1 radical (unpaired) electrons. The Hall–Kier alpha value is 3.03. The summed E-state index contributed by atoms with van der Waals surface area (Å²) in [7, 11) is 0. The van der Waals surface area contributed by atoms with Crippen LogP contribution < -0.4 is 18.9 Å². The fourth-order valence-electron chi connectivity index (χ4n) is 0. The van der Waals surface area contributed by atoms with Crippen molar-refractivity contribution in [3.8, 4) is 0 Å². The van der Waals surface area contributed by atoms with Crippen molar-refractivity contribution in [2.45, 2.75) is 0 Å². The molecule has 0 bridgehead atoms. The predicted octanol–water partition coefficient (Wildman–Crippen LogP) is -4.07. The fraction of sp³-hybridized carbons (Fsp3) is 0. The van der Waals surface area contributed by atoms with Crippen LogP contribution in [0, 0.1) is 0 Å². The first-order chi connectivity index (χ1) is 0. The van der Waals surface area contributed by atoms with Gasteiger partial charge in [0.1, 0.15) is 0 Å². The van der Waals surface area contributed by atoms with Crippen LogP contribution in [0.15, 0.2) is 0 Å². The van der Waals surface area contributed by atoms with Crippen molar-refractivity contribution in [2.75, 3.05) is 0 Å². The monoisotopic (exact) mass is 249 g/mol. The van der Waals surface area contributed by atoms with Crippen LogP contribution in [0.5, 0.6) is 0 Å². The van der Waals surface area contributed by atoms with Crippen molar-refractivity contribution < 1.29 is 80.1 Å². The normalized spacial score (nSPS) is 0. The molecule has 0 unspecified atom stereocenters. The average Bonchev–Trinajstić information content (AvgIpc) is 0. The van der Waals surface area contributed by atoms with Gasteiger partial charge in [-0.05, 0) is 0 Å². The first-order valence-electron chi connectivity index (χ1n) is 0. The van der Waals surface area contributed by atoms with Gasteiger partial charge in [0, 0.05) is 59.8 Å². The van der Waals surface area contributed by atoms with E-state index in [1.807, 2.05) is 0 Å². The van der Waals surface area contributed by atoms with Gasteiger partial charge in [-0.25, -0.2) is 0 Å². The quantitative estimate of drug-likeness (QED) is 0.384. The third-order valence-electron chi connectivity index (χ3n) is 0. The van der Waals surface area contributed by atoms with Gasteiger partial charge in [-0.15, -0.1) is 0 Å². The number of hydrogen-bond acceptors (Lipinski definition) is 0. The van der Waals surface area contributed by atoms with E-state index in [-0.39, 0.29) is 97.4 Å². The van der Waals surface area contributed by atoms with Gasteiger partial charge in [-0.1, -0.05) is 0 Å². The van der Waals surface area contributed by atoms with E-state index in [9.17, 15) is 0 Å². The molecular weight excluding hydrogens is 247 g/mol. The Morgan fingerprint density at radius 2 is 1.20 bits per heavy atom. The first kappa shape index (κ1) is 43.3. The van der Waals surface area contributed by atoms with Crippen LogP contribution in [0.1, 0.15) is 1.43 Å². The molecule has 0 N–H and O–H groups in total. The first-order valence-corrected chi connectivity index (χ1v) is 0. The van der Waals surface area contributed by atoms with Crippen molar-refractivity contribution in [1.82, 2.24) is 0 Å². The summed E-state index contributed by atoms with van der Waals surface area (Å²) in [6.45, 7) is 0. The molecule has 5 heteroatoms. The Bertz CT molecular complexity index is 15.5. The summed E-state index contributed by atoms with van der Waals surface area (Å²) in [6.07, 6.45) is 0. The van der Waals surface area contributed by atoms with E-state index in [2.05, 4.69) is 0 Å². The van der Waals surface area contributed by atoms with Crippen molar-refractivity contribution in [2.24, 2.45) is 0 Å². The van der Waals surface area contributed by atoms with Crippen molar-refractivity contribution in [3.05, 3.63) is 0 Å². The van der Waals surface area contributed by atoms with Crippen LogP contribution in [-0.2, 0) is 59.8 Å². The Morgan fingerprint density at radius 3 is 1.20 bits per heavy atom. The molecule has 5 heavy (non-hydrogen) atoms. The number of hydrogen-bond donors (Lipinski definition) is 0. The molecule has 0 spiro atoms. The van der Waals surface area contributed by atoms with Gasteiger partial charge in [-0.2, -0.15) is 0 Å². The molecule has 0 amide bonds. The zero-order chi connectivity index (χ0) is 0. The van der Waals surface area contributed by atoms with E-state index < -0.39 is 0 Å². The summed E-state index contributed by atoms with van der Waals surface area (Å²) in [5.41, 5.74) is 0. The summed E-state index contributed by atoms with van der Waals surface area (Å²) >= 11 is 0. The molecular formula is H4AlCuLiNiZr. The van der Waals surface area contributed by atoms with E-state index in [1.165, 1.54) is 0 Å². The van der Waals surface area contributed by atoms with Crippen LogP contribution in [0.3, 0.4) is 0 Å². The van der Waals surface area contributed by atoms with E-state index >= 15 is 0 Å². The molecule has 0 saturated heterocycles. The van der Waals surface area contributed by atoms with E-state index in [1.54, 1.807) is 0 Å². The minimum absolute atomic E-state index is 0. The molecule has 0 nitrogen and oxygen atoms in total. The molecule has 0 fully saturated rings. The Morgan fingerprint density at radius 1 is 1.20 bits per heavy atom. The van der Waals surface area contributed by atoms with Gasteiger partial charge in [0.25, 0.3) is 0 Å². The molecule has 0 aliphatic heterocycles. The van der Waals surface area contributed by atoms with Crippen molar-refractivity contribution in [3.63, 3.8) is 0 Å². The van der Waals surface area contributed by atoms with E-state index in [0.29, 0.717) is 0 Å². The Balaban J connectivity index is 0. The van der Waals surface area contributed by atoms with Gasteiger partial charge < -0.3 is 1.43 Å². The molecule has 0 aromatic rings. The van der Waals surface area contributed by atoms with Gasteiger partial charge in [-0.3, -0.25) is 0 Å². The summed E-state index contributed by atoms with van der Waals surface area (Å²) < 4.78 is 0. The maximum absolute atomic E-state index is 0. The largest absolute Gasteiger partial charge is 1.00 e. The van der Waals surface area contributed by atoms with Crippen LogP contribution in [0.4, 0.5) is 0 Å². The third kappa shape index (κ3) is 19.4. The molecule has 0 saturated carbocycles. The van der Waals surface area contributed by atoms with Crippen LogP contribution in [-0.4, -0.2) is 17.4 Å². The maximum atomic E-state index is 0. The van der Waals surface area contributed by atoms with Crippen LogP contribution in [0.25, 0.3) is 0 Å². The van der Waals surface area contributed by atoms with Gasteiger partial charge >= 0.3 is 18.9 Å². The summed E-state index contributed by atoms with van der Waals surface area (Å²) in [5, 5.41) is 0. The summed E-state index contributed by atoms with van der Waals surface area (Å²) in [4.78, 5) is 0. The minimum atomic E-state index is 0. The van der Waals surface area contributed by atoms with Crippen LogP contribution in [0.2, 0.25) is 0 Å². The molecule has 0 aromatic carbocycles. The topological polar surface area (TPSA) is 0 Å².